The number of nitrogens with two attached hydrogens (primary N) is 1. The van der Waals surface area contributed by atoms with Crippen molar-refractivity contribution < 1.29 is 22.8 Å². The van der Waals surface area contributed by atoms with Crippen molar-refractivity contribution in [3.05, 3.63) is 33.9 Å². The van der Waals surface area contributed by atoms with Crippen LogP contribution >= 0.6 is 0 Å². The summed E-state index contributed by atoms with van der Waals surface area (Å²) in [5.74, 6) is -0.101. The van der Waals surface area contributed by atoms with E-state index in [1.165, 1.54) is 0 Å². The molecule has 0 aliphatic heterocycles. The van der Waals surface area contributed by atoms with Crippen molar-refractivity contribution in [1.82, 2.24) is 0 Å². The Bertz CT molecular complexity index is 513. The highest BCUT2D eigenvalue weighted by Crippen LogP contribution is 2.40. The summed E-state index contributed by atoms with van der Waals surface area (Å²) in [6, 6.07) is 2.49. The summed E-state index contributed by atoms with van der Waals surface area (Å²) in [5, 5.41) is 10.5. The number of ether oxygens (including phenoxy) is 1. The number of nitrogens with zero attached hydrogens (tertiary/aromatic N) is 1. The van der Waals surface area contributed by atoms with Gasteiger partial charge in [-0.1, -0.05) is 0 Å². The lowest BCUT2D eigenvalue weighted by atomic mass is 9.82. The Hall–Kier alpha value is -1.83. The van der Waals surface area contributed by atoms with Crippen LogP contribution in [-0.4, -0.2) is 17.6 Å². The molecule has 1 aliphatic carbocycles. The van der Waals surface area contributed by atoms with E-state index in [1.54, 1.807) is 0 Å². The molecule has 20 heavy (non-hydrogen) atoms. The molecule has 1 fully saturated rings. The van der Waals surface area contributed by atoms with Gasteiger partial charge in [-0.05, 0) is 31.4 Å². The molecule has 1 aromatic carbocycles. The zero-order valence-corrected chi connectivity index (χ0v) is 10.4. The number of nitro groups is 1. The molecule has 0 saturated heterocycles. The van der Waals surface area contributed by atoms with Crippen LogP contribution in [0.2, 0.25) is 0 Å². The first-order valence-corrected chi connectivity index (χ1v) is 6.03. The Morgan fingerprint density at radius 3 is 2.55 bits per heavy atom. The van der Waals surface area contributed by atoms with Crippen molar-refractivity contribution >= 4 is 5.69 Å². The van der Waals surface area contributed by atoms with Crippen molar-refractivity contribution in [3.63, 3.8) is 0 Å². The van der Waals surface area contributed by atoms with E-state index in [1.807, 2.05) is 0 Å². The highest BCUT2D eigenvalue weighted by molar-refractivity contribution is 5.45. The van der Waals surface area contributed by atoms with Crippen molar-refractivity contribution in [2.45, 2.75) is 25.1 Å². The molecule has 1 aromatic rings. The van der Waals surface area contributed by atoms with Crippen molar-refractivity contribution in [2.75, 3.05) is 6.54 Å². The molecule has 0 aromatic heterocycles. The summed E-state index contributed by atoms with van der Waals surface area (Å²) in [7, 11) is 0. The second-order valence-electron chi connectivity index (χ2n) is 4.75. The standard InChI is InChI=1S/C12H13F3N2O3/c13-12(14,15)10-5-8(17(18)19)1-2-11(10)20-9-3-7(4-9)6-16/h1-2,5,7,9H,3-4,6,16H2. The van der Waals surface area contributed by atoms with Crippen molar-refractivity contribution in [1.29, 1.82) is 0 Å². The molecule has 0 heterocycles. The van der Waals surface area contributed by atoms with Crippen LogP contribution in [-0.2, 0) is 6.18 Å². The van der Waals surface area contributed by atoms with Crippen LogP contribution < -0.4 is 10.5 Å². The SMILES string of the molecule is NCC1CC(Oc2ccc([N+](=O)[O-])cc2C(F)(F)F)C1. The summed E-state index contributed by atoms with van der Waals surface area (Å²) in [6.07, 6.45) is -3.81. The zero-order chi connectivity index (χ0) is 14.9. The molecule has 5 nitrogen and oxygen atoms in total. The van der Waals surface area contributed by atoms with Gasteiger partial charge in [-0.15, -0.1) is 0 Å². The molecular formula is C12H13F3N2O3. The number of nitro benzene ring substituents is 1. The molecule has 0 bridgehead atoms. The predicted molar refractivity (Wildman–Crippen MR) is 64.3 cm³/mol. The van der Waals surface area contributed by atoms with Gasteiger partial charge in [0.05, 0.1) is 11.0 Å². The third-order valence-electron chi connectivity index (χ3n) is 3.30. The van der Waals surface area contributed by atoms with E-state index in [4.69, 9.17) is 10.5 Å². The van der Waals surface area contributed by atoms with Crippen LogP contribution in [0.25, 0.3) is 0 Å². The van der Waals surface area contributed by atoms with Crippen LogP contribution in [0.4, 0.5) is 18.9 Å². The van der Waals surface area contributed by atoms with Crippen LogP contribution in [0.15, 0.2) is 18.2 Å². The van der Waals surface area contributed by atoms with Crippen LogP contribution in [0, 0.1) is 16.0 Å². The minimum Gasteiger partial charge on any atom is -0.490 e. The number of hydrogen-bond donors (Lipinski definition) is 1. The molecule has 2 rings (SSSR count). The monoisotopic (exact) mass is 290 g/mol. The number of halogens is 3. The molecule has 0 spiro atoms. The maximum atomic E-state index is 12.9. The van der Waals surface area contributed by atoms with Gasteiger partial charge in [0, 0.05) is 12.1 Å². The third kappa shape index (κ3) is 3.01. The van der Waals surface area contributed by atoms with Gasteiger partial charge >= 0.3 is 6.18 Å². The van der Waals surface area contributed by atoms with E-state index in [-0.39, 0.29) is 17.8 Å². The van der Waals surface area contributed by atoms with E-state index in [2.05, 4.69) is 0 Å². The normalized spacial score (nSPS) is 22.2. The molecule has 8 heteroatoms. The summed E-state index contributed by atoms with van der Waals surface area (Å²) >= 11 is 0. The number of rotatable bonds is 4. The van der Waals surface area contributed by atoms with Gasteiger partial charge in [0.25, 0.3) is 5.69 Å². The van der Waals surface area contributed by atoms with Crippen LogP contribution in [0.5, 0.6) is 5.75 Å². The zero-order valence-electron chi connectivity index (χ0n) is 10.4. The van der Waals surface area contributed by atoms with E-state index >= 15 is 0 Å². The third-order valence-corrected chi connectivity index (χ3v) is 3.30. The number of non-ortho nitro benzene ring substituents is 1. The molecular weight excluding hydrogens is 277 g/mol. The van der Waals surface area contributed by atoms with E-state index in [0.29, 0.717) is 25.5 Å². The first-order chi connectivity index (χ1) is 9.31. The lowest BCUT2D eigenvalue weighted by molar-refractivity contribution is -0.385. The minimum absolute atomic E-state index is 0.271. The summed E-state index contributed by atoms with van der Waals surface area (Å²) in [4.78, 5) is 9.68. The smallest absolute Gasteiger partial charge is 0.420 e. The highest BCUT2D eigenvalue weighted by atomic mass is 19.4. The van der Waals surface area contributed by atoms with E-state index in [0.717, 1.165) is 12.1 Å². The van der Waals surface area contributed by atoms with Crippen molar-refractivity contribution in [3.8, 4) is 5.75 Å². The average molecular weight is 290 g/mol. The maximum absolute atomic E-state index is 12.9. The van der Waals surface area contributed by atoms with Gasteiger partial charge in [0.2, 0.25) is 0 Å². The second-order valence-corrected chi connectivity index (χ2v) is 4.75. The quantitative estimate of drug-likeness (QED) is 0.683. The Morgan fingerprint density at radius 2 is 2.05 bits per heavy atom. The topological polar surface area (TPSA) is 78.4 Å². The van der Waals surface area contributed by atoms with Gasteiger partial charge in [-0.2, -0.15) is 13.2 Å². The lowest BCUT2D eigenvalue weighted by Crippen LogP contribution is -2.38. The van der Waals surface area contributed by atoms with Gasteiger partial charge in [-0.3, -0.25) is 10.1 Å². The molecule has 1 saturated carbocycles. The van der Waals surface area contributed by atoms with E-state index in [9.17, 15) is 23.3 Å². The van der Waals surface area contributed by atoms with Gasteiger partial charge in [-0.25, -0.2) is 0 Å². The second kappa shape index (κ2) is 5.28. The minimum atomic E-state index is -4.70. The first kappa shape index (κ1) is 14.6. The molecule has 0 radical (unpaired) electrons. The predicted octanol–water partition coefficient (Wildman–Crippen LogP) is 2.73. The molecule has 110 valence electrons. The highest BCUT2D eigenvalue weighted by Gasteiger charge is 2.38. The summed E-state index contributed by atoms with van der Waals surface area (Å²) in [6.45, 7) is 0.478. The van der Waals surface area contributed by atoms with Gasteiger partial charge in [0.1, 0.15) is 11.3 Å². The lowest BCUT2D eigenvalue weighted by Gasteiger charge is -2.35. The van der Waals surface area contributed by atoms with Gasteiger partial charge in [0.15, 0.2) is 0 Å². The Labute approximate surface area is 112 Å². The molecule has 0 unspecified atom stereocenters. The Balaban J connectivity index is 2.21. The number of alkyl halides is 3. The van der Waals surface area contributed by atoms with Gasteiger partial charge < -0.3 is 10.5 Å². The Kier molecular flexibility index (Phi) is 3.85. The van der Waals surface area contributed by atoms with E-state index < -0.39 is 22.4 Å². The fraction of sp³-hybridized carbons (Fsp3) is 0.500. The molecule has 2 N–H and O–H groups in total. The average Bonchev–Trinajstić information content (AvgIpc) is 2.31. The van der Waals surface area contributed by atoms with Crippen LogP contribution in [0.1, 0.15) is 18.4 Å². The fourth-order valence-corrected chi connectivity index (χ4v) is 2.10. The molecule has 1 aliphatic rings. The molecule has 0 atom stereocenters. The van der Waals surface area contributed by atoms with Crippen LogP contribution in [0.3, 0.4) is 0 Å². The Morgan fingerprint density at radius 1 is 1.40 bits per heavy atom. The summed E-state index contributed by atoms with van der Waals surface area (Å²) < 4.78 is 43.9. The first-order valence-electron chi connectivity index (χ1n) is 6.03. The number of hydrogen-bond acceptors (Lipinski definition) is 4. The summed E-state index contributed by atoms with van der Waals surface area (Å²) in [5.41, 5.74) is 3.70. The van der Waals surface area contributed by atoms with Crippen molar-refractivity contribution in [2.24, 2.45) is 11.7 Å². The maximum Gasteiger partial charge on any atom is 0.420 e. The largest absolute Gasteiger partial charge is 0.490 e. The molecule has 0 amide bonds. The fourth-order valence-electron chi connectivity index (χ4n) is 2.10. The number of benzene rings is 1.